The van der Waals surface area contributed by atoms with Gasteiger partial charge in [-0.15, -0.1) is 0 Å². The van der Waals surface area contributed by atoms with Crippen LogP contribution in [0.2, 0.25) is 0 Å². The molecule has 0 aromatic carbocycles. The molecule has 0 aliphatic heterocycles. The Morgan fingerprint density at radius 3 is 2.25 bits per heavy atom. The molecule has 1 rings (SSSR count). The molecule has 0 radical (unpaired) electrons. The average molecular weight is 278 g/mol. The molecule has 0 saturated carbocycles. The number of hydrogen-bond acceptors (Lipinski definition) is 4. The van der Waals surface area contributed by atoms with Crippen molar-refractivity contribution in [1.29, 1.82) is 0 Å². The molecule has 0 amide bonds. The average Bonchev–Trinajstić information content (AvgIpc) is 2.44. The zero-order valence-electron chi connectivity index (χ0n) is 14.0. The highest BCUT2D eigenvalue weighted by atomic mass is 15.2. The number of hydrogen-bond donors (Lipinski definition) is 1. The van der Waals surface area contributed by atoms with Crippen LogP contribution in [0, 0.1) is 6.92 Å². The third-order valence-corrected chi connectivity index (χ3v) is 3.81. The summed E-state index contributed by atoms with van der Waals surface area (Å²) in [5, 5.41) is 3.37. The van der Waals surface area contributed by atoms with Crippen LogP contribution in [0.5, 0.6) is 0 Å². The summed E-state index contributed by atoms with van der Waals surface area (Å²) in [6.07, 6.45) is 4.28. The summed E-state index contributed by atoms with van der Waals surface area (Å²) in [5.74, 6) is 3.01. The standard InChI is InChI=1S/C16H30N4/c1-7-11-14-18-15(17-10-4)12(5)16(19-14)20(6)13(8-2)9-3/h13H,7-11H2,1-6H3,(H,17,18,19). The highest BCUT2D eigenvalue weighted by molar-refractivity contribution is 5.58. The summed E-state index contributed by atoms with van der Waals surface area (Å²) < 4.78 is 0. The topological polar surface area (TPSA) is 41.1 Å². The third kappa shape index (κ3) is 3.84. The van der Waals surface area contributed by atoms with Gasteiger partial charge in [0.2, 0.25) is 0 Å². The van der Waals surface area contributed by atoms with E-state index in [9.17, 15) is 0 Å². The van der Waals surface area contributed by atoms with Crippen LogP contribution in [0.4, 0.5) is 11.6 Å². The molecule has 0 aliphatic carbocycles. The van der Waals surface area contributed by atoms with Crippen molar-refractivity contribution in [3.63, 3.8) is 0 Å². The fourth-order valence-corrected chi connectivity index (χ4v) is 2.58. The Bertz CT molecular complexity index is 413. The van der Waals surface area contributed by atoms with E-state index < -0.39 is 0 Å². The van der Waals surface area contributed by atoms with E-state index in [4.69, 9.17) is 4.98 Å². The van der Waals surface area contributed by atoms with Gasteiger partial charge in [-0.1, -0.05) is 20.8 Å². The van der Waals surface area contributed by atoms with Gasteiger partial charge in [-0.05, 0) is 33.1 Å². The number of rotatable bonds is 8. The minimum Gasteiger partial charge on any atom is -0.370 e. The maximum Gasteiger partial charge on any atom is 0.137 e. The summed E-state index contributed by atoms with van der Waals surface area (Å²) in [6, 6.07) is 0.535. The second-order valence-electron chi connectivity index (χ2n) is 5.30. The van der Waals surface area contributed by atoms with Crippen molar-refractivity contribution in [2.45, 2.75) is 66.3 Å². The minimum absolute atomic E-state index is 0.535. The Hall–Kier alpha value is -1.32. The smallest absolute Gasteiger partial charge is 0.137 e. The van der Waals surface area contributed by atoms with E-state index in [0.29, 0.717) is 6.04 Å². The number of aryl methyl sites for hydroxylation is 1. The van der Waals surface area contributed by atoms with Crippen molar-refractivity contribution in [3.05, 3.63) is 11.4 Å². The molecule has 4 nitrogen and oxygen atoms in total. The van der Waals surface area contributed by atoms with E-state index in [1.165, 1.54) is 0 Å². The van der Waals surface area contributed by atoms with Crippen molar-refractivity contribution in [1.82, 2.24) is 9.97 Å². The van der Waals surface area contributed by atoms with Crippen molar-refractivity contribution < 1.29 is 0 Å². The first-order chi connectivity index (χ1) is 9.58. The molecule has 0 atom stereocenters. The molecule has 4 heteroatoms. The molecule has 0 unspecified atom stereocenters. The van der Waals surface area contributed by atoms with Crippen LogP contribution >= 0.6 is 0 Å². The van der Waals surface area contributed by atoms with E-state index in [-0.39, 0.29) is 0 Å². The molecule has 0 spiro atoms. The van der Waals surface area contributed by atoms with Gasteiger partial charge in [0.15, 0.2) is 0 Å². The lowest BCUT2D eigenvalue weighted by atomic mass is 10.1. The lowest BCUT2D eigenvalue weighted by Crippen LogP contribution is -2.32. The molecule has 1 N–H and O–H groups in total. The first-order valence-electron chi connectivity index (χ1n) is 7.93. The van der Waals surface area contributed by atoms with Crippen LogP contribution < -0.4 is 10.2 Å². The van der Waals surface area contributed by atoms with E-state index in [2.05, 4.69) is 56.9 Å². The van der Waals surface area contributed by atoms with E-state index in [1.54, 1.807) is 0 Å². The number of nitrogens with zero attached hydrogens (tertiary/aromatic N) is 3. The van der Waals surface area contributed by atoms with Crippen LogP contribution in [-0.4, -0.2) is 29.6 Å². The normalized spacial score (nSPS) is 10.9. The Kier molecular flexibility index (Phi) is 6.76. The highest BCUT2D eigenvalue weighted by Crippen LogP contribution is 2.26. The van der Waals surface area contributed by atoms with Gasteiger partial charge in [0.05, 0.1) is 0 Å². The molecule has 0 saturated heterocycles. The second-order valence-corrected chi connectivity index (χ2v) is 5.30. The third-order valence-electron chi connectivity index (χ3n) is 3.81. The van der Waals surface area contributed by atoms with Crippen molar-refractivity contribution in [2.24, 2.45) is 0 Å². The molecule has 0 fully saturated rings. The number of aromatic nitrogens is 2. The van der Waals surface area contributed by atoms with Crippen molar-refractivity contribution in [2.75, 3.05) is 23.8 Å². The predicted molar refractivity (Wildman–Crippen MR) is 87.7 cm³/mol. The molecule has 20 heavy (non-hydrogen) atoms. The summed E-state index contributed by atoms with van der Waals surface area (Å²) in [7, 11) is 2.15. The van der Waals surface area contributed by atoms with Crippen LogP contribution in [-0.2, 0) is 6.42 Å². The molecule has 114 valence electrons. The van der Waals surface area contributed by atoms with Gasteiger partial charge < -0.3 is 10.2 Å². The fraction of sp³-hybridized carbons (Fsp3) is 0.750. The van der Waals surface area contributed by atoms with E-state index >= 15 is 0 Å². The Morgan fingerprint density at radius 2 is 1.75 bits per heavy atom. The van der Waals surface area contributed by atoms with Gasteiger partial charge in [0.1, 0.15) is 17.5 Å². The quantitative estimate of drug-likeness (QED) is 0.785. The minimum atomic E-state index is 0.535. The number of nitrogens with one attached hydrogen (secondary N) is 1. The van der Waals surface area contributed by atoms with Gasteiger partial charge in [0.25, 0.3) is 0 Å². The zero-order chi connectivity index (χ0) is 15.1. The van der Waals surface area contributed by atoms with Crippen LogP contribution in [0.15, 0.2) is 0 Å². The zero-order valence-corrected chi connectivity index (χ0v) is 14.0. The van der Waals surface area contributed by atoms with Gasteiger partial charge in [-0.2, -0.15) is 0 Å². The van der Waals surface area contributed by atoms with E-state index in [1.807, 2.05) is 0 Å². The molecule has 1 aromatic heterocycles. The molecule has 0 bridgehead atoms. The maximum absolute atomic E-state index is 4.80. The Morgan fingerprint density at radius 1 is 1.10 bits per heavy atom. The lowest BCUT2D eigenvalue weighted by Gasteiger charge is -2.29. The lowest BCUT2D eigenvalue weighted by molar-refractivity contribution is 0.583. The summed E-state index contributed by atoms with van der Waals surface area (Å²) >= 11 is 0. The monoisotopic (exact) mass is 278 g/mol. The Balaban J connectivity index is 3.21. The Labute approximate surface area is 124 Å². The van der Waals surface area contributed by atoms with E-state index in [0.717, 1.165) is 55.3 Å². The fourth-order valence-electron chi connectivity index (χ4n) is 2.58. The first kappa shape index (κ1) is 16.7. The van der Waals surface area contributed by atoms with Crippen molar-refractivity contribution in [3.8, 4) is 0 Å². The summed E-state index contributed by atoms with van der Waals surface area (Å²) in [4.78, 5) is 11.8. The first-order valence-corrected chi connectivity index (χ1v) is 7.93. The predicted octanol–water partition coefficient (Wildman–Crippen LogP) is 3.79. The molecular formula is C16H30N4. The molecule has 1 heterocycles. The molecule has 1 aromatic rings. The molecule has 0 aliphatic rings. The SMILES string of the molecule is CCCc1nc(NCC)c(C)c(N(C)C(CC)CC)n1. The maximum atomic E-state index is 4.80. The summed E-state index contributed by atoms with van der Waals surface area (Å²) in [5.41, 5.74) is 1.15. The highest BCUT2D eigenvalue weighted by Gasteiger charge is 2.18. The van der Waals surface area contributed by atoms with Gasteiger partial charge in [0, 0.05) is 31.6 Å². The van der Waals surface area contributed by atoms with Crippen LogP contribution in [0.1, 0.15) is 58.3 Å². The number of anilines is 2. The van der Waals surface area contributed by atoms with Crippen LogP contribution in [0.25, 0.3) is 0 Å². The van der Waals surface area contributed by atoms with Crippen LogP contribution in [0.3, 0.4) is 0 Å². The van der Waals surface area contributed by atoms with Gasteiger partial charge in [-0.25, -0.2) is 9.97 Å². The van der Waals surface area contributed by atoms with Gasteiger partial charge in [-0.3, -0.25) is 0 Å². The second kappa shape index (κ2) is 8.08. The largest absolute Gasteiger partial charge is 0.370 e. The molecular weight excluding hydrogens is 248 g/mol. The van der Waals surface area contributed by atoms with Gasteiger partial charge >= 0.3 is 0 Å². The van der Waals surface area contributed by atoms with Crippen molar-refractivity contribution >= 4 is 11.6 Å². The summed E-state index contributed by atoms with van der Waals surface area (Å²) in [6.45, 7) is 11.7.